The fraction of sp³-hybridized carbons (Fsp3) is 0.667. The maximum absolute atomic E-state index is 13.4. The first-order chi connectivity index (χ1) is 16.3. The van der Waals surface area contributed by atoms with Crippen molar-refractivity contribution < 1.29 is 38.1 Å². The van der Waals surface area contributed by atoms with E-state index in [-0.39, 0.29) is 24.5 Å². The largest absolute Gasteiger partial charge is 0.472 e. The van der Waals surface area contributed by atoms with E-state index < -0.39 is 58.0 Å². The predicted molar refractivity (Wildman–Crippen MR) is 123 cm³/mol. The maximum atomic E-state index is 13.4. The Bertz CT molecular complexity index is 1090. The summed E-state index contributed by atoms with van der Waals surface area (Å²) in [5.41, 5.74) is -1.92. The molecule has 3 heterocycles. The van der Waals surface area contributed by atoms with E-state index in [0.29, 0.717) is 12.8 Å². The molecule has 4 aliphatic rings. The Hall–Kier alpha value is -2.45. The van der Waals surface area contributed by atoms with Gasteiger partial charge in [-0.3, -0.25) is 9.59 Å². The van der Waals surface area contributed by atoms with Gasteiger partial charge in [0.1, 0.15) is 17.5 Å². The number of ether oxygens (including phenoxy) is 3. The number of carbonyl (C=O) groups is 3. The number of hydrogen-bond acceptors (Lipinski definition) is 8. The second-order valence-corrected chi connectivity index (χ2v) is 11.7. The number of rotatable bonds is 3. The molecule has 2 saturated heterocycles. The van der Waals surface area contributed by atoms with Gasteiger partial charge in [0.25, 0.3) is 0 Å². The highest BCUT2D eigenvalue weighted by atomic mass is 16.6. The molecular formula is C27H34O8. The van der Waals surface area contributed by atoms with E-state index in [1.165, 1.54) is 7.11 Å². The number of aliphatic hydroxyl groups is 1. The van der Waals surface area contributed by atoms with Crippen molar-refractivity contribution in [2.24, 2.45) is 28.1 Å². The summed E-state index contributed by atoms with van der Waals surface area (Å²) in [5.74, 6) is -2.20. The van der Waals surface area contributed by atoms with Crippen LogP contribution in [0, 0.1) is 28.1 Å². The number of methoxy groups -OCH3 is 1. The van der Waals surface area contributed by atoms with Gasteiger partial charge in [-0.15, -0.1) is 0 Å². The first-order valence-corrected chi connectivity index (χ1v) is 12.2. The third-order valence-corrected chi connectivity index (χ3v) is 9.96. The molecule has 2 saturated carbocycles. The van der Waals surface area contributed by atoms with Gasteiger partial charge in [0.15, 0.2) is 6.10 Å². The molecule has 0 amide bonds. The van der Waals surface area contributed by atoms with Gasteiger partial charge in [-0.05, 0) is 30.4 Å². The standard InChI is InChI=1S/C27H34O8/c1-14-16-7-9-25(4)22(15-8-10-33-13-15)34-19(29)12-27(14,25)35-18-11-17(28)24(2,3)21(26(16,18)5)20(30)23(31)32-6/h8,10,13,16,18,20-22,30H,1,7,9,11-12H2,2-6H3/t16-,18-,20+,21-,22-,25-,26-,27-/m1/s1. The highest BCUT2D eigenvalue weighted by molar-refractivity contribution is 5.88. The Balaban J connectivity index is 1.65. The van der Waals surface area contributed by atoms with Crippen molar-refractivity contribution in [2.45, 2.75) is 77.3 Å². The van der Waals surface area contributed by atoms with Crippen molar-refractivity contribution in [1.29, 1.82) is 0 Å². The van der Waals surface area contributed by atoms with Crippen molar-refractivity contribution in [2.75, 3.05) is 7.11 Å². The topological polar surface area (TPSA) is 112 Å². The summed E-state index contributed by atoms with van der Waals surface area (Å²) in [6, 6.07) is 1.79. The zero-order chi connectivity index (χ0) is 25.6. The number of ketones is 1. The Morgan fingerprint density at radius 3 is 2.60 bits per heavy atom. The van der Waals surface area contributed by atoms with Crippen molar-refractivity contribution >= 4 is 17.7 Å². The van der Waals surface area contributed by atoms with Gasteiger partial charge in [-0.25, -0.2) is 4.79 Å². The summed E-state index contributed by atoms with van der Waals surface area (Å²) in [7, 11) is 1.23. The van der Waals surface area contributed by atoms with Gasteiger partial charge in [0, 0.05) is 34.1 Å². The zero-order valence-corrected chi connectivity index (χ0v) is 21.0. The average molecular weight is 487 g/mol. The Kier molecular flexibility index (Phi) is 5.22. The van der Waals surface area contributed by atoms with Crippen LogP contribution in [0.4, 0.5) is 0 Å². The Morgan fingerprint density at radius 2 is 1.97 bits per heavy atom. The van der Waals surface area contributed by atoms with Crippen LogP contribution in [-0.2, 0) is 28.6 Å². The molecule has 0 aromatic carbocycles. The van der Waals surface area contributed by atoms with E-state index in [0.717, 1.165) is 11.1 Å². The van der Waals surface area contributed by atoms with E-state index >= 15 is 0 Å². The van der Waals surface area contributed by atoms with Crippen LogP contribution in [0.15, 0.2) is 35.2 Å². The van der Waals surface area contributed by atoms with Crippen LogP contribution in [0.5, 0.6) is 0 Å². The van der Waals surface area contributed by atoms with Crippen molar-refractivity contribution in [3.63, 3.8) is 0 Å². The minimum absolute atomic E-state index is 0.00156. The predicted octanol–water partition coefficient (Wildman–Crippen LogP) is 3.53. The number of esters is 2. The number of cyclic esters (lactones) is 1. The molecule has 8 atom stereocenters. The van der Waals surface area contributed by atoms with Gasteiger partial charge in [0.05, 0.1) is 32.2 Å². The number of aliphatic hydroxyl groups excluding tert-OH is 1. The fourth-order valence-electron chi connectivity index (χ4n) is 8.08. The molecule has 4 fully saturated rings. The summed E-state index contributed by atoms with van der Waals surface area (Å²) >= 11 is 0. The molecule has 2 bridgehead atoms. The van der Waals surface area contributed by atoms with Gasteiger partial charge in [-0.1, -0.05) is 34.3 Å². The second kappa shape index (κ2) is 7.53. The van der Waals surface area contributed by atoms with E-state index in [1.807, 2.05) is 6.92 Å². The lowest BCUT2D eigenvalue weighted by molar-refractivity contribution is -0.303. The lowest BCUT2D eigenvalue weighted by Crippen LogP contribution is -2.74. The first kappa shape index (κ1) is 24.3. The molecule has 1 spiro atoms. The SMILES string of the molecule is C=C1[C@H]2CC[C@]3(C)[C@@H](c4ccoc4)OC(=O)C[C@@]13O[C@@H]1CC(=O)C(C)(C)[C@@H]([C@H](O)C(=O)OC)[C@]21C. The van der Waals surface area contributed by atoms with Crippen LogP contribution in [0.2, 0.25) is 0 Å². The number of Topliss-reactive ketones (excluding diaryl/α,β-unsaturated/α-hetero) is 1. The molecule has 0 radical (unpaired) electrons. The van der Waals surface area contributed by atoms with Crippen LogP contribution in [0.25, 0.3) is 0 Å². The molecule has 190 valence electrons. The van der Waals surface area contributed by atoms with Gasteiger partial charge in [-0.2, -0.15) is 0 Å². The lowest BCUT2D eigenvalue weighted by atomic mass is 9.41. The van der Waals surface area contributed by atoms with Crippen molar-refractivity contribution in [3.8, 4) is 0 Å². The van der Waals surface area contributed by atoms with Crippen molar-refractivity contribution in [1.82, 2.24) is 0 Å². The van der Waals surface area contributed by atoms with Gasteiger partial charge in [0.2, 0.25) is 0 Å². The third-order valence-electron chi connectivity index (χ3n) is 9.96. The molecule has 8 heteroatoms. The molecule has 8 nitrogen and oxygen atoms in total. The molecule has 5 rings (SSSR count). The molecule has 0 unspecified atom stereocenters. The van der Waals surface area contributed by atoms with Crippen LogP contribution in [0.3, 0.4) is 0 Å². The fourth-order valence-corrected chi connectivity index (χ4v) is 8.08. The number of furan rings is 1. The molecule has 2 aliphatic carbocycles. The highest BCUT2D eigenvalue weighted by Crippen LogP contribution is 2.71. The summed E-state index contributed by atoms with van der Waals surface area (Å²) < 4.78 is 23.0. The number of carbonyl (C=O) groups excluding carboxylic acids is 3. The normalized spacial score (nSPS) is 43.0. The van der Waals surface area contributed by atoms with Crippen LogP contribution < -0.4 is 0 Å². The average Bonchev–Trinajstić information content (AvgIpc) is 3.32. The van der Waals surface area contributed by atoms with Crippen LogP contribution in [0.1, 0.15) is 65.0 Å². The third kappa shape index (κ3) is 2.90. The Morgan fingerprint density at radius 1 is 1.26 bits per heavy atom. The maximum Gasteiger partial charge on any atom is 0.335 e. The van der Waals surface area contributed by atoms with E-state index in [9.17, 15) is 19.5 Å². The molecule has 1 aromatic rings. The molecule has 1 aromatic heterocycles. The molecule has 35 heavy (non-hydrogen) atoms. The minimum atomic E-state index is -1.50. The van der Waals surface area contributed by atoms with E-state index in [2.05, 4.69) is 13.5 Å². The molecular weight excluding hydrogens is 452 g/mol. The minimum Gasteiger partial charge on any atom is -0.472 e. The first-order valence-electron chi connectivity index (χ1n) is 12.2. The van der Waals surface area contributed by atoms with Gasteiger partial charge >= 0.3 is 11.9 Å². The lowest BCUT2D eigenvalue weighted by Gasteiger charge is -2.70. The zero-order valence-electron chi connectivity index (χ0n) is 21.0. The number of fused-ring (bicyclic) bond motifs is 3. The second-order valence-electron chi connectivity index (χ2n) is 11.7. The smallest absolute Gasteiger partial charge is 0.335 e. The summed E-state index contributed by atoms with van der Waals surface area (Å²) in [6.07, 6.45) is 1.91. The number of hydrogen-bond donors (Lipinski definition) is 1. The van der Waals surface area contributed by atoms with Crippen LogP contribution >= 0.6 is 0 Å². The Labute approximate surface area is 205 Å². The summed E-state index contributed by atoms with van der Waals surface area (Å²) in [6.45, 7) is 12.1. The molecule has 1 N–H and O–H groups in total. The van der Waals surface area contributed by atoms with Crippen LogP contribution in [-0.4, -0.2) is 47.7 Å². The summed E-state index contributed by atoms with van der Waals surface area (Å²) in [4.78, 5) is 39.0. The molecule has 2 aliphatic heterocycles. The summed E-state index contributed by atoms with van der Waals surface area (Å²) in [5, 5.41) is 11.2. The van der Waals surface area contributed by atoms with E-state index in [1.54, 1.807) is 32.4 Å². The monoisotopic (exact) mass is 486 g/mol. The van der Waals surface area contributed by atoms with Crippen molar-refractivity contribution in [3.05, 3.63) is 36.3 Å². The highest BCUT2D eigenvalue weighted by Gasteiger charge is 2.74. The van der Waals surface area contributed by atoms with E-state index in [4.69, 9.17) is 18.6 Å². The quantitative estimate of drug-likeness (QED) is 0.510. The van der Waals surface area contributed by atoms with Gasteiger partial charge < -0.3 is 23.7 Å².